The normalized spacial score (nSPS) is 15.5. The smallest absolute Gasteiger partial charge is 0.147 e. The molecule has 1 aliphatic rings. The number of aromatic nitrogens is 2. The van der Waals surface area contributed by atoms with Crippen LogP contribution in [0, 0.1) is 23.5 Å². The lowest BCUT2D eigenvalue weighted by Crippen LogP contribution is -2.38. The van der Waals surface area contributed by atoms with Gasteiger partial charge in [-0.05, 0) is 97.5 Å². The molecule has 8 aromatic carbocycles. The fourth-order valence-corrected chi connectivity index (χ4v) is 13.3. The number of phenolic OH excluding ortho intramolecular Hbond substituents is 2. The van der Waals surface area contributed by atoms with Crippen molar-refractivity contribution in [3.63, 3.8) is 0 Å². The fraction of sp³-hybridized carbons (Fsp3) is 0.226. The number of rotatable bonds is 12. The van der Waals surface area contributed by atoms with Crippen LogP contribution in [0.25, 0.3) is 77.2 Å². The molecule has 1 unspecified atom stereocenters. The van der Waals surface area contributed by atoms with Crippen LogP contribution in [-0.2, 0) is 0 Å². The van der Waals surface area contributed by atoms with Crippen molar-refractivity contribution in [3.8, 4) is 56.6 Å². The average molecular weight is 991 g/mol. The van der Waals surface area contributed by atoms with Crippen LogP contribution in [0.4, 0.5) is 8.78 Å². The lowest BCUT2D eigenvalue weighted by molar-refractivity contribution is 0.105. The molecule has 10 heteroatoms. The molecule has 0 radical (unpaired) electrons. The van der Waals surface area contributed by atoms with Gasteiger partial charge in [-0.25, -0.2) is 8.78 Å². The van der Waals surface area contributed by atoms with Crippen LogP contribution < -0.4 is 19.8 Å². The lowest BCUT2D eigenvalue weighted by Gasteiger charge is -2.32. The molecular formula is C62H60F2N2O4Si2. The van der Waals surface area contributed by atoms with Crippen molar-refractivity contribution in [3.05, 3.63) is 169 Å². The van der Waals surface area contributed by atoms with E-state index in [1.54, 1.807) is 12.1 Å². The van der Waals surface area contributed by atoms with E-state index in [0.29, 0.717) is 58.3 Å². The second kappa shape index (κ2) is 18.5. The molecule has 0 bridgehead atoms. The molecule has 6 nitrogen and oxygen atoms in total. The standard InChI is InChI=1S/C62H60F2N2O4Si2/c1-71(2,3)43-33-51(61(67)57(35-43)65-53-23-13-9-19-45(53)46-20-10-14-24-54(46)65)49-31-41(63)27-29-59(49)69-37-39-17-7-8-18-40(39)38-70-60-30-28-42(64)32-50(60)52-34-44(72(4,5)6)36-58(62(52)68)66-55-25-15-11-21-47(55)48-22-12-16-26-56(48)66/h9-16,19-36,39-40,67-68H,7-8,17-18,37-38H2,1-6H3/t39-,40?/m0/s1. The number of hydrogen-bond donors (Lipinski definition) is 2. The summed E-state index contributed by atoms with van der Waals surface area (Å²) in [6, 6.07) is 50.4. The molecule has 0 saturated heterocycles. The van der Waals surface area contributed by atoms with E-state index in [2.05, 4.69) is 109 Å². The Balaban J connectivity index is 0.920. The van der Waals surface area contributed by atoms with E-state index in [4.69, 9.17) is 9.47 Å². The largest absolute Gasteiger partial charge is 0.505 e. The lowest BCUT2D eigenvalue weighted by atomic mass is 9.80. The molecule has 1 saturated carbocycles. The summed E-state index contributed by atoms with van der Waals surface area (Å²) in [5, 5.41) is 31.5. The van der Waals surface area contributed by atoms with Gasteiger partial charge in [-0.3, -0.25) is 0 Å². The summed E-state index contributed by atoms with van der Waals surface area (Å²) in [4.78, 5) is 0. The molecule has 2 N–H and O–H groups in total. The summed E-state index contributed by atoms with van der Waals surface area (Å²) in [5.41, 5.74) is 7.23. The summed E-state index contributed by atoms with van der Waals surface area (Å²) in [7, 11) is -4.02. The van der Waals surface area contributed by atoms with Gasteiger partial charge in [0.15, 0.2) is 0 Å². The molecule has 0 amide bonds. The SMILES string of the molecule is C[Si](C)(C)c1cc(-c2cc(F)ccc2OCC2CCCC[C@H]2COc2ccc(F)cc2-c2cc([Si](C)(C)C)cc(-n3c4ccccc4c4ccccc43)c2O)c(O)c(-n2c3ccccc3c3ccccc32)c1. The molecular weight excluding hydrogens is 931 g/mol. The van der Waals surface area contributed by atoms with Crippen LogP contribution in [0.3, 0.4) is 0 Å². The third-order valence-corrected chi connectivity index (χ3v) is 19.0. The highest BCUT2D eigenvalue weighted by molar-refractivity contribution is 6.89. The predicted molar refractivity (Wildman–Crippen MR) is 298 cm³/mol. The molecule has 2 atom stereocenters. The van der Waals surface area contributed by atoms with Crippen LogP contribution in [0.1, 0.15) is 25.7 Å². The first-order valence-electron chi connectivity index (χ1n) is 25.2. The molecule has 1 aliphatic carbocycles. The third-order valence-electron chi connectivity index (χ3n) is 15.0. The van der Waals surface area contributed by atoms with Crippen molar-refractivity contribution >= 4 is 70.1 Å². The number of hydrogen-bond acceptors (Lipinski definition) is 4. The molecule has 1 fully saturated rings. The number of para-hydroxylation sites is 4. The first kappa shape index (κ1) is 47.2. The van der Waals surface area contributed by atoms with Crippen LogP contribution in [0.2, 0.25) is 39.3 Å². The van der Waals surface area contributed by atoms with Crippen molar-refractivity contribution in [2.45, 2.75) is 65.0 Å². The Bertz CT molecular complexity index is 3370. The minimum absolute atomic E-state index is 0.0570. The number of fused-ring (bicyclic) bond motifs is 6. The number of nitrogens with zero attached hydrogens (tertiary/aromatic N) is 2. The number of aromatic hydroxyl groups is 2. The monoisotopic (exact) mass is 990 g/mol. The first-order valence-corrected chi connectivity index (χ1v) is 32.2. The van der Waals surface area contributed by atoms with E-state index in [0.717, 1.165) is 79.7 Å². The maximum absolute atomic E-state index is 15.5. The quantitative estimate of drug-likeness (QED) is 0.120. The van der Waals surface area contributed by atoms with Crippen molar-refractivity contribution < 1.29 is 28.5 Å². The van der Waals surface area contributed by atoms with E-state index < -0.39 is 27.8 Å². The molecule has 10 aromatic rings. The zero-order valence-corrected chi connectivity index (χ0v) is 43.8. The molecule has 72 heavy (non-hydrogen) atoms. The topological polar surface area (TPSA) is 68.8 Å². The Labute approximate surface area is 421 Å². The average Bonchev–Trinajstić information content (AvgIpc) is 3.88. The van der Waals surface area contributed by atoms with Crippen LogP contribution in [0.15, 0.2) is 158 Å². The van der Waals surface area contributed by atoms with Gasteiger partial charge in [0.05, 0.1) is 62.8 Å². The van der Waals surface area contributed by atoms with Crippen molar-refractivity contribution in [2.24, 2.45) is 11.8 Å². The summed E-state index contributed by atoms with van der Waals surface area (Å²) >= 11 is 0. The molecule has 0 aliphatic heterocycles. The Hall–Kier alpha value is -7.15. The molecule has 364 valence electrons. The Morgan fingerprint density at radius 3 is 1.11 bits per heavy atom. The van der Waals surface area contributed by atoms with Crippen LogP contribution in [-0.4, -0.2) is 48.7 Å². The van der Waals surface area contributed by atoms with E-state index in [1.165, 1.54) is 24.3 Å². The zero-order chi connectivity index (χ0) is 50.1. The van der Waals surface area contributed by atoms with E-state index in [-0.39, 0.29) is 23.3 Å². The van der Waals surface area contributed by atoms with Gasteiger partial charge in [0, 0.05) is 43.8 Å². The van der Waals surface area contributed by atoms with Crippen LogP contribution in [0.5, 0.6) is 23.0 Å². The van der Waals surface area contributed by atoms with E-state index >= 15 is 8.78 Å². The maximum atomic E-state index is 15.5. The highest BCUT2D eigenvalue weighted by atomic mass is 28.3. The third kappa shape index (κ3) is 8.53. The van der Waals surface area contributed by atoms with Gasteiger partial charge in [-0.2, -0.15) is 0 Å². The Kier molecular flexibility index (Phi) is 12.1. The summed E-state index contributed by atoms with van der Waals surface area (Å²) in [6.45, 7) is 14.4. The molecule has 0 spiro atoms. The fourth-order valence-electron chi connectivity index (χ4n) is 11.0. The second-order valence-corrected chi connectivity index (χ2v) is 31.9. The van der Waals surface area contributed by atoms with E-state index in [9.17, 15) is 10.2 Å². The van der Waals surface area contributed by atoms with Gasteiger partial charge in [0.1, 0.15) is 34.6 Å². The number of halogens is 2. The van der Waals surface area contributed by atoms with Gasteiger partial charge in [-0.15, -0.1) is 0 Å². The Morgan fingerprint density at radius 1 is 0.444 bits per heavy atom. The molecule has 11 rings (SSSR count). The predicted octanol–water partition coefficient (Wildman–Crippen LogP) is 15.3. The number of benzene rings is 8. The number of ether oxygens (including phenoxy) is 2. The summed E-state index contributed by atoms with van der Waals surface area (Å²) in [6.07, 6.45) is 3.89. The van der Waals surface area contributed by atoms with Gasteiger partial charge >= 0.3 is 0 Å². The van der Waals surface area contributed by atoms with Gasteiger partial charge in [-0.1, -0.05) is 147 Å². The van der Waals surface area contributed by atoms with Gasteiger partial charge < -0.3 is 28.8 Å². The Morgan fingerprint density at radius 2 is 0.778 bits per heavy atom. The van der Waals surface area contributed by atoms with Crippen molar-refractivity contribution in [2.75, 3.05) is 13.2 Å². The minimum atomic E-state index is -2.01. The minimum Gasteiger partial charge on any atom is -0.505 e. The molecule has 2 heterocycles. The number of phenols is 2. The maximum Gasteiger partial charge on any atom is 0.147 e. The second-order valence-electron chi connectivity index (χ2n) is 21.7. The van der Waals surface area contributed by atoms with E-state index in [1.807, 2.05) is 60.7 Å². The van der Waals surface area contributed by atoms with Gasteiger partial charge in [0.25, 0.3) is 0 Å². The zero-order valence-electron chi connectivity index (χ0n) is 41.8. The molecule has 2 aromatic heterocycles. The summed E-state index contributed by atoms with van der Waals surface area (Å²) < 4.78 is 48.9. The van der Waals surface area contributed by atoms with Crippen molar-refractivity contribution in [1.29, 1.82) is 0 Å². The van der Waals surface area contributed by atoms with Gasteiger partial charge in [0.2, 0.25) is 0 Å². The summed E-state index contributed by atoms with van der Waals surface area (Å²) in [5.74, 6) is 0.462. The van der Waals surface area contributed by atoms with Crippen LogP contribution >= 0.6 is 0 Å². The highest BCUT2D eigenvalue weighted by Gasteiger charge is 2.31. The first-order chi connectivity index (χ1) is 34.6. The highest BCUT2D eigenvalue weighted by Crippen LogP contribution is 2.45. The van der Waals surface area contributed by atoms with Crippen molar-refractivity contribution in [1.82, 2.24) is 9.13 Å².